The summed E-state index contributed by atoms with van der Waals surface area (Å²) in [4.78, 5) is 26.1. The summed E-state index contributed by atoms with van der Waals surface area (Å²) in [5.74, 6) is -0.237. The van der Waals surface area contributed by atoms with Gasteiger partial charge in [0, 0.05) is 32.0 Å². The van der Waals surface area contributed by atoms with Crippen LogP contribution >= 0.6 is 0 Å². The first-order valence-electron chi connectivity index (χ1n) is 6.08. The molecule has 1 aliphatic rings. The third-order valence-electron chi connectivity index (χ3n) is 3.18. The Bertz CT molecular complexity index is 484. The summed E-state index contributed by atoms with van der Waals surface area (Å²) in [6.45, 7) is 0.517. The number of carbonyl (C=O) groups excluding carboxylic acids is 1. The highest BCUT2D eigenvalue weighted by Gasteiger charge is 2.34. The first-order valence-corrected chi connectivity index (χ1v) is 6.08. The second-order valence-electron chi connectivity index (χ2n) is 4.66. The molecule has 1 aromatic rings. The van der Waals surface area contributed by atoms with Gasteiger partial charge in [-0.05, 0) is 30.7 Å². The minimum atomic E-state index is -1.11. The molecule has 1 saturated heterocycles. The van der Waals surface area contributed by atoms with Gasteiger partial charge in [-0.1, -0.05) is 0 Å². The SMILES string of the molecule is CN(C)c1ccc(N(C(=O)O)[C@H]2CCNC2=O)cc1. The first kappa shape index (κ1) is 13.2. The predicted molar refractivity (Wildman–Crippen MR) is 72.7 cm³/mol. The molecule has 0 spiro atoms. The number of hydrogen-bond donors (Lipinski definition) is 2. The molecule has 6 nitrogen and oxygen atoms in total. The molecule has 19 heavy (non-hydrogen) atoms. The molecule has 0 saturated carbocycles. The lowest BCUT2D eigenvalue weighted by Gasteiger charge is -2.24. The number of nitrogens with one attached hydrogen (secondary N) is 1. The second kappa shape index (κ2) is 5.17. The Morgan fingerprint density at radius 1 is 1.26 bits per heavy atom. The Balaban J connectivity index is 2.29. The van der Waals surface area contributed by atoms with E-state index in [9.17, 15) is 14.7 Å². The molecule has 0 aliphatic carbocycles. The van der Waals surface area contributed by atoms with Crippen molar-refractivity contribution in [3.63, 3.8) is 0 Å². The Morgan fingerprint density at radius 2 is 1.84 bits per heavy atom. The average molecular weight is 263 g/mol. The van der Waals surface area contributed by atoms with Gasteiger partial charge < -0.3 is 15.3 Å². The highest BCUT2D eigenvalue weighted by atomic mass is 16.4. The summed E-state index contributed by atoms with van der Waals surface area (Å²) in [5, 5.41) is 12.0. The molecule has 0 aromatic heterocycles. The lowest BCUT2D eigenvalue weighted by molar-refractivity contribution is -0.120. The monoisotopic (exact) mass is 263 g/mol. The van der Waals surface area contributed by atoms with Crippen molar-refractivity contribution < 1.29 is 14.7 Å². The lowest BCUT2D eigenvalue weighted by atomic mass is 10.1. The van der Waals surface area contributed by atoms with Crippen LogP contribution in [0.25, 0.3) is 0 Å². The van der Waals surface area contributed by atoms with E-state index >= 15 is 0 Å². The highest BCUT2D eigenvalue weighted by molar-refractivity contribution is 5.97. The van der Waals surface area contributed by atoms with Crippen molar-refractivity contribution in [1.82, 2.24) is 5.32 Å². The molecule has 1 aromatic carbocycles. The van der Waals surface area contributed by atoms with E-state index in [0.717, 1.165) is 10.6 Å². The standard InChI is InChI=1S/C13H17N3O3/c1-15(2)9-3-5-10(6-4-9)16(13(18)19)11-7-8-14-12(11)17/h3-6,11H,7-8H2,1-2H3,(H,14,17)(H,18,19)/t11-/m0/s1. The third-order valence-corrected chi connectivity index (χ3v) is 3.18. The fourth-order valence-electron chi connectivity index (χ4n) is 2.16. The topological polar surface area (TPSA) is 72.9 Å². The number of carboxylic acid groups (broad SMARTS) is 1. The van der Waals surface area contributed by atoms with Crippen LogP contribution in [0.4, 0.5) is 16.2 Å². The summed E-state index contributed by atoms with van der Waals surface area (Å²) < 4.78 is 0. The van der Waals surface area contributed by atoms with Crippen LogP contribution in [-0.2, 0) is 4.79 Å². The van der Waals surface area contributed by atoms with E-state index in [1.165, 1.54) is 0 Å². The highest BCUT2D eigenvalue weighted by Crippen LogP contribution is 2.24. The molecule has 1 atom stereocenters. The minimum Gasteiger partial charge on any atom is -0.465 e. The van der Waals surface area contributed by atoms with E-state index in [1.54, 1.807) is 12.1 Å². The maximum Gasteiger partial charge on any atom is 0.412 e. The Hall–Kier alpha value is -2.24. The maximum absolute atomic E-state index is 11.6. The van der Waals surface area contributed by atoms with Crippen molar-refractivity contribution in [2.75, 3.05) is 30.4 Å². The van der Waals surface area contributed by atoms with Crippen molar-refractivity contribution in [3.8, 4) is 0 Å². The first-order chi connectivity index (χ1) is 9.00. The van der Waals surface area contributed by atoms with Gasteiger partial charge in [0.25, 0.3) is 0 Å². The van der Waals surface area contributed by atoms with Gasteiger partial charge in [-0.3, -0.25) is 9.69 Å². The number of hydrogen-bond acceptors (Lipinski definition) is 3. The van der Waals surface area contributed by atoms with Gasteiger partial charge in [-0.25, -0.2) is 4.79 Å². The second-order valence-corrected chi connectivity index (χ2v) is 4.66. The van der Waals surface area contributed by atoms with E-state index in [0.29, 0.717) is 18.7 Å². The van der Waals surface area contributed by atoms with Gasteiger partial charge >= 0.3 is 6.09 Å². The average Bonchev–Trinajstić information content (AvgIpc) is 2.76. The van der Waals surface area contributed by atoms with Gasteiger partial charge in [0.2, 0.25) is 5.91 Å². The van der Waals surface area contributed by atoms with Gasteiger partial charge in [0.1, 0.15) is 6.04 Å². The summed E-state index contributed by atoms with van der Waals surface area (Å²) in [5.41, 5.74) is 1.49. The van der Waals surface area contributed by atoms with Crippen LogP contribution in [0, 0.1) is 0 Å². The van der Waals surface area contributed by atoms with E-state index < -0.39 is 12.1 Å². The molecule has 102 valence electrons. The van der Waals surface area contributed by atoms with E-state index in [2.05, 4.69) is 5.32 Å². The molecule has 2 amide bonds. The molecule has 1 heterocycles. The minimum absolute atomic E-state index is 0.237. The number of rotatable bonds is 3. The smallest absolute Gasteiger partial charge is 0.412 e. The largest absolute Gasteiger partial charge is 0.465 e. The summed E-state index contributed by atoms with van der Waals surface area (Å²) in [6, 6.07) is 6.46. The van der Waals surface area contributed by atoms with Crippen molar-refractivity contribution >= 4 is 23.4 Å². The molecular formula is C13H17N3O3. The fourth-order valence-corrected chi connectivity index (χ4v) is 2.16. The van der Waals surface area contributed by atoms with Crippen molar-refractivity contribution in [2.45, 2.75) is 12.5 Å². The third kappa shape index (κ3) is 2.62. The van der Waals surface area contributed by atoms with Crippen LogP contribution in [0.5, 0.6) is 0 Å². The van der Waals surface area contributed by atoms with E-state index in [-0.39, 0.29) is 5.91 Å². The van der Waals surface area contributed by atoms with Crippen LogP contribution in [0.1, 0.15) is 6.42 Å². The van der Waals surface area contributed by atoms with Gasteiger partial charge in [0.05, 0.1) is 0 Å². The lowest BCUT2D eigenvalue weighted by Crippen LogP contribution is -2.44. The van der Waals surface area contributed by atoms with Gasteiger partial charge in [-0.15, -0.1) is 0 Å². The molecule has 1 aliphatic heterocycles. The van der Waals surface area contributed by atoms with Crippen LogP contribution in [0.3, 0.4) is 0 Å². The zero-order chi connectivity index (χ0) is 14.0. The Labute approximate surface area is 111 Å². The van der Waals surface area contributed by atoms with Crippen LogP contribution in [0.2, 0.25) is 0 Å². The summed E-state index contributed by atoms with van der Waals surface area (Å²) in [6.07, 6.45) is -0.611. The fraction of sp³-hybridized carbons (Fsp3) is 0.385. The zero-order valence-electron chi connectivity index (χ0n) is 11.0. The molecule has 2 N–H and O–H groups in total. The number of benzene rings is 1. The predicted octanol–water partition coefficient (Wildman–Crippen LogP) is 1.13. The summed E-state index contributed by atoms with van der Waals surface area (Å²) in [7, 11) is 3.82. The number of anilines is 2. The van der Waals surface area contributed by atoms with Gasteiger partial charge in [0.15, 0.2) is 0 Å². The molecule has 0 bridgehead atoms. The molecule has 2 rings (SSSR count). The van der Waals surface area contributed by atoms with Crippen LogP contribution in [0.15, 0.2) is 24.3 Å². The molecule has 0 radical (unpaired) electrons. The quantitative estimate of drug-likeness (QED) is 0.857. The van der Waals surface area contributed by atoms with Crippen LogP contribution in [-0.4, -0.2) is 43.8 Å². The number of carbonyl (C=O) groups is 2. The molecule has 0 unspecified atom stereocenters. The van der Waals surface area contributed by atoms with E-state index in [1.807, 2.05) is 31.1 Å². The maximum atomic E-state index is 11.6. The molecular weight excluding hydrogens is 246 g/mol. The molecule has 1 fully saturated rings. The summed E-state index contributed by atoms with van der Waals surface area (Å²) >= 11 is 0. The Morgan fingerprint density at radius 3 is 2.26 bits per heavy atom. The number of amides is 2. The normalized spacial score (nSPS) is 18.0. The van der Waals surface area contributed by atoms with E-state index in [4.69, 9.17) is 0 Å². The Kier molecular flexibility index (Phi) is 3.59. The molecule has 6 heteroatoms. The van der Waals surface area contributed by atoms with Crippen molar-refractivity contribution in [1.29, 1.82) is 0 Å². The van der Waals surface area contributed by atoms with Gasteiger partial charge in [-0.2, -0.15) is 0 Å². The van der Waals surface area contributed by atoms with Crippen molar-refractivity contribution in [2.24, 2.45) is 0 Å². The zero-order valence-corrected chi connectivity index (χ0v) is 11.0. The van der Waals surface area contributed by atoms with Crippen LogP contribution < -0.4 is 15.1 Å². The number of nitrogens with zero attached hydrogens (tertiary/aromatic N) is 2. The van der Waals surface area contributed by atoms with Crippen molar-refractivity contribution in [3.05, 3.63) is 24.3 Å².